The number of benzene rings is 7. The van der Waals surface area contributed by atoms with Crippen molar-refractivity contribution in [1.82, 2.24) is 9.13 Å². The fourth-order valence-corrected chi connectivity index (χ4v) is 9.21. The smallest absolute Gasteiger partial charge is 0.123 e. The van der Waals surface area contributed by atoms with Crippen LogP contribution in [-0.4, -0.2) is 9.13 Å². The van der Waals surface area contributed by atoms with Crippen molar-refractivity contribution < 1.29 is 8.78 Å². The maximum absolute atomic E-state index is 15.7. The Morgan fingerprint density at radius 1 is 0.393 bits per heavy atom. The van der Waals surface area contributed by atoms with E-state index in [0.717, 1.165) is 77.6 Å². The molecule has 2 nitrogen and oxygen atoms in total. The molecular weight excluding hydrogens is 691 g/mol. The van der Waals surface area contributed by atoms with Gasteiger partial charge in [-0.3, -0.25) is 0 Å². The zero-order chi connectivity index (χ0) is 39.2. The molecule has 0 saturated heterocycles. The number of rotatable bonds is 6. The van der Waals surface area contributed by atoms with Crippen LogP contribution in [0.5, 0.6) is 0 Å². The van der Waals surface area contributed by atoms with Gasteiger partial charge in [-0.15, -0.1) is 0 Å². The average Bonchev–Trinajstić information content (AvgIpc) is 3.64. The molecule has 9 rings (SSSR count). The van der Waals surface area contributed by atoms with Gasteiger partial charge >= 0.3 is 0 Å². The van der Waals surface area contributed by atoms with Crippen LogP contribution in [-0.2, 0) is 0 Å². The van der Waals surface area contributed by atoms with E-state index >= 15 is 8.78 Å². The van der Waals surface area contributed by atoms with Crippen LogP contribution in [0.25, 0.3) is 77.2 Å². The Bertz CT molecular complexity index is 2850. The number of nitrogens with zero attached hydrogens (tertiary/aromatic N) is 2. The predicted octanol–water partition coefficient (Wildman–Crippen LogP) is 15.0. The quantitative estimate of drug-likeness (QED) is 0.161. The predicted molar refractivity (Wildman–Crippen MR) is 233 cm³/mol. The maximum atomic E-state index is 15.7. The molecule has 0 aliphatic carbocycles. The van der Waals surface area contributed by atoms with Crippen molar-refractivity contribution in [2.45, 2.75) is 67.2 Å². The summed E-state index contributed by atoms with van der Waals surface area (Å²) in [7, 11) is 0. The van der Waals surface area contributed by atoms with Gasteiger partial charge in [-0.1, -0.05) is 98.5 Å². The van der Waals surface area contributed by atoms with Crippen LogP contribution in [0.15, 0.2) is 121 Å². The maximum Gasteiger partial charge on any atom is 0.123 e. The minimum atomic E-state index is -0.304. The summed E-state index contributed by atoms with van der Waals surface area (Å²) in [4.78, 5) is 0. The van der Waals surface area contributed by atoms with E-state index in [9.17, 15) is 0 Å². The first-order valence-corrected chi connectivity index (χ1v) is 19.7. The number of aromatic nitrogens is 2. The lowest BCUT2D eigenvalue weighted by Crippen LogP contribution is -2.15. The van der Waals surface area contributed by atoms with Crippen LogP contribution in [0.3, 0.4) is 0 Å². The van der Waals surface area contributed by atoms with Crippen LogP contribution in [0.2, 0.25) is 0 Å². The normalized spacial score (nSPS) is 12.1. The molecule has 0 saturated carbocycles. The van der Waals surface area contributed by atoms with Crippen LogP contribution >= 0.6 is 0 Å². The van der Waals surface area contributed by atoms with Crippen molar-refractivity contribution in [3.05, 3.63) is 166 Å². The van der Waals surface area contributed by atoms with E-state index in [-0.39, 0.29) is 23.5 Å². The molecule has 2 heterocycles. The van der Waals surface area contributed by atoms with Gasteiger partial charge in [-0.2, -0.15) is 0 Å². The summed E-state index contributed by atoms with van der Waals surface area (Å²) in [6.45, 7) is 17.5. The van der Waals surface area contributed by atoms with Crippen molar-refractivity contribution in [3.8, 4) is 33.6 Å². The third-order valence-corrected chi connectivity index (χ3v) is 11.5. The third kappa shape index (κ3) is 5.57. The number of aryl methyl sites for hydroxylation is 4. The minimum Gasteiger partial charge on any atom is -0.309 e. The molecule has 0 fully saturated rings. The molecule has 0 unspecified atom stereocenters. The van der Waals surface area contributed by atoms with Gasteiger partial charge in [0.25, 0.3) is 0 Å². The molecule has 0 aliphatic rings. The summed E-state index contributed by atoms with van der Waals surface area (Å²) in [5, 5.41) is 4.66. The second kappa shape index (κ2) is 13.3. The molecule has 0 N–H and O–H groups in total. The molecule has 0 bridgehead atoms. The van der Waals surface area contributed by atoms with E-state index in [1.807, 2.05) is 12.1 Å². The van der Waals surface area contributed by atoms with E-state index in [2.05, 4.69) is 137 Å². The lowest BCUT2D eigenvalue weighted by molar-refractivity contribution is 0.628. The molecule has 4 heteroatoms. The second-order valence-electron chi connectivity index (χ2n) is 16.4. The molecular formula is C52H46F2N2. The van der Waals surface area contributed by atoms with Gasteiger partial charge in [0, 0.05) is 32.7 Å². The van der Waals surface area contributed by atoms with Crippen LogP contribution in [0.4, 0.5) is 8.78 Å². The second-order valence-corrected chi connectivity index (χ2v) is 16.4. The van der Waals surface area contributed by atoms with Gasteiger partial charge in [-0.05, 0) is 135 Å². The molecule has 56 heavy (non-hydrogen) atoms. The Kier molecular flexibility index (Phi) is 8.50. The highest BCUT2D eigenvalue weighted by atomic mass is 19.1. The van der Waals surface area contributed by atoms with Crippen molar-refractivity contribution in [2.75, 3.05) is 0 Å². The molecule has 0 aliphatic heterocycles. The minimum absolute atomic E-state index is 0.00190. The standard InChI is InChI=1S/C52H46F2N2/c1-29(2)47-49(35-11-9-13-37(53)27-35)52(56-45-21-17-33(7)25-41(45)42-26-34(8)18-22-46(42)56)50(36-12-10-14-38(54)28-36)48(30(3)4)51(47)55-43-19-15-31(5)23-39(43)40-24-32(6)16-20-44(40)55/h9-30H,1-8H3. The Balaban J connectivity index is 1.63. The first kappa shape index (κ1) is 35.7. The van der Waals surface area contributed by atoms with Gasteiger partial charge in [0.1, 0.15) is 11.6 Å². The Morgan fingerprint density at radius 3 is 1.02 bits per heavy atom. The highest BCUT2D eigenvalue weighted by Crippen LogP contribution is 2.52. The number of halogens is 2. The van der Waals surface area contributed by atoms with Crippen LogP contribution in [0.1, 0.15) is 72.9 Å². The van der Waals surface area contributed by atoms with E-state index in [0.29, 0.717) is 0 Å². The van der Waals surface area contributed by atoms with E-state index in [1.165, 1.54) is 45.2 Å². The van der Waals surface area contributed by atoms with Gasteiger partial charge in [0.15, 0.2) is 0 Å². The fraction of sp³-hybridized carbons (Fsp3) is 0.192. The molecule has 2 aromatic heterocycles. The number of hydrogen-bond donors (Lipinski definition) is 0. The van der Waals surface area contributed by atoms with Gasteiger partial charge in [-0.25, -0.2) is 8.78 Å². The van der Waals surface area contributed by atoms with E-state index < -0.39 is 0 Å². The topological polar surface area (TPSA) is 9.86 Å². The lowest BCUT2D eigenvalue weighted by atomic mass is 9.79. The van der Waals surface area contributed by atoms with Crippen molar-refractivity contribution in [2.24, 2.45) is 0 Å². The molecule has 9 aromatic rings. The highest BCUT2D eigenvalue weighted by molar-refractivity contribution is 6.13. The van der Waals surface area contributed by atoms with Crippen molar-refractivity contribution >= 4 is 43.6 Å². The largest absolute Gasteiger partial charge is 0.309 e. The van der Waals surface area contributed by atoms with Crippen LogP contribution in [0, 0.1) is 39.3 Å². The van der Waals surface area contributed by atoms with E-state index in [1.54, 1.807) is 24.3 Å². The summed E-state index contributed by atoms with van der Waals surface area (Å²) in [5.41, 5.74) is 16.7. The molecule has 278 valence electrons. The number of fused-ring (bicyclic) bond motifs is 6. The average molecular weight is 737 g/mol. The van der Waals surface area contributed by atoms with E-state index in [4.69, 9.17) is 0 Å². The van der Waals surface area contributed by atoms with Gasteiger partial charge < -0.3 is 9.13 Å². The first-order valence-electron chi connectivity index (χ1n) is 19.7. The van der Waals surface area contributed by atoms with Gasteiger partial charge in [0.2, 0.25) is 0 Å². The van der Waals surface area contributed by atoms with Crippen molar-refractivity contribution in [1.29, 1.82) is 0 Å². The third-order valence-electron chi connectivity index (χ3n) is 11.5. The Morgan fingerprint density at radius 2 is 0.714 bits per heavy atom. The molecule has 0 amide bonds. The molecule has 0 atom stereocenters. The SMILES string of the molecule is Cc1ccc2c(c1)c1cc(C)ccc1n2-c1c(-c2cccc(F)c2)c(C(C)C)c(-n2c3ccc(C)cc3c3cc(C)ccc32)c(C(C)C)c1-c1cccc(F)c1. The van der Waals surface area contributed by atoms with Crippen LogP contribution < -0.4 is 0 Å². The zero-order valence-corrected chi connectivity index (χ0v) is 33.4. The summed E-state index contributed by atoms with van der Waals surface area (Å²) in [6.07, 6.45) is 0. The first-order chi connectivity index (χ1) is 26.9. The van der Waals surface area contributed by atoms with Crippen molar-refractivity contribution in [3.63, 3.8) is 0 Å². The summed E-state index contributed by atoms with van der Waals surface area (Å²) >= 11 is 0. The lowest BCUT2D eigenvalue weighted by Gasteiger charge is -2.32. The molecule has 0 spiro atoms. The fourth-order valence-electron chi connectivity index (χ4n) is 9.21. The molecule has 0 radical (unpaired) electrons. The summed E-state index contributed by atoms with van der Waals surface area (Å²) in [5.74, 6) is -0.605. The highest BCUT2D eigenvalue weighted by Gasteiger charge is 2.33. The monoisotopic (exact) mass is 736 g/mol. The number of hydrogen-bond acceptors (Lipinski definition) is 0. The Hall–Kier alpha value is -6.00. The molecule has 7 aromatic carbocycles. The summed E-state index contributed by atoms with van der Waals surface area (Å²) in [6, 6.07) is 40.7. The van der Waals surface area contributed by atoms with Gasteiger partial charge in [0.05, 0.1) is 33.4 Å². The zero-order valence-electron chi connectivity index (χ0n) is 33.4. The summed E-state index contributed by atoms with van der Waals surface area (Å²) < 4.78 is 36.3. The Labute approximate surface area is 327 Å².